The first-order chi connectivity index (χ1) is 17.1. The lowest BCUT2D eigenvalue weighted by atomic mass is 10.1. The van der Waals surface area contributed by atoms with Crippen molar-refractivity contribution in [2.24, 2.45) is 0 Å². The van der Waals surface area contributed by atoms with Crippen molar-refractivity contribution in [3.63, 3.8) is 0 Å². The van der Waals surface area contributed by atoms with Gasteiger partial charge in [0.2, 0.25) is 10.0 Å². The van der Waals surface area contributed by atoms with Crippen molar-refractivity contribution in [3.8, 4) is 10.8 Å². The Bertz CT molecular complexity index is 1340. The quantitative estimate of drug-likeness (QED) is 0.383. The van der Waals surface area contributed by atoms with Crippen LogP contribution in [-0.4, -0.2) is 70.8 Å². The van der Waals surface area contributed by atoms with Crippen molar-refractivity contribution in [2.75, 3.05) is 24.5 Å². The smallest absolute Gasteiger partial charge is 0.291 e. The molecule has 1 saturated carbocycles. The zero-order valence-corrected chi connectivity index (χ0v) is 21.3. The van der Waals surface area contributed by atoms with Gasteiger partial charge in [-0.25, -0.2) is 26.9 Å². The topological polar surface area (TPSA) is 142 Å². The van der Waals surface area contributed by atoms with Crippen LogP contribution in [0.4, 0.5) is 14.5 Å². The number of nitrogens with zero attached hydrogens (tertiary/aromatic N) is 5. The Labute approximate surface area is 210 Å². The fraction of sp³-hybridized carbons (Fsp3) is 0.524. The molecule has 11 nitrogen and oxygen atoms in total. The fourth-order valence-electron chi connectivity index (χ4n) is 4.02. The average Bonchev–Trinajstić information content (AvgIpc) is 3.23. The molecule has 1 atom stereocenters. The summed E-state index contributed by atoms with van der Waals surface area (Å²) in [4.78, 5) is 15.0. The maximum Gasteiger partial charge on any atom is 0.291 e. The van der Waals surface area contributed by atoms with E-state index in [1.807, 2.05) is 6.92 Å². The second-order valence-corrected chi connectivity index (χ2v) is 11.6. The Morgan fingerprint density at radius 2 is 2.11 bits per heavy atom. The number of sulfonamides is 1. The van der Waals surface area contributed by atoms with Gasteiger partial charge in [0.05, 0.1) is 17.4 Å². The monoisotopic (exact) mass is 543 g/mol. The summed E-state index contributed by atoms with van der Waals surface area (Å²) >= 11 is 0.748. The van der Waals surface area contributed by atoms with E-state index in [0.29, 0.717) is 12.1 Å². The van der Waals surface area contributed by atoms with Crippen LogP contribution in [0.1, 0.15) is 44.5 Å². The van der Waals surface area contributed by atoms with Crippen molar-refractivity contribution >= 4 is 39.0 Å². The number of aromatic nitrogens is 4. The number of fused-ring (bicyclic) bond motifs is 1. The zero-order valence-electron chi connectivity index (χ0n) is 19.7. The number of nitrogens with one attached hydrogen (secondary N) is 2. The maximum atomic E-state index is 13.2. The first-order valence-electron chi connectivity index (χ1n) is 11.3. The van der Waals surface area contributed by atoms with E-state index < -0.39 is 27.0 Å². The Morgan fingerprint density at radius 1 is 1.39 bits per heavy atom. The van der Waals surface area contributed by atoms with E-state index in [1.165, 1.54) is 6.20 Å². The van der Waals surface area contributed by atoms with E-state index in [9.17, 15) is 17.2 Å². The van der Waals surface area contributed by atoms with E-state index in [-0.39, 0.29) is 28.2 Å². The summed E-state index contributed by atoms with van der Waals surface area (Å²) in [6.45, 7) is 5.92. The third kappa shape index (κ3) is 5.48. The Morgan fingerprint density at radius 3 is 2.72 bits per heavy atom. The molecule has 0 amide bonds. The van der Waals surface area contributed by atoms with Crippen molar-refractivity contribution in [2.45, 2.75) is 56.0 Å². The predicted octanol–water partition coefficient (Wildman–Crippen LogP) is 2.51. The molecule has 196 valence electrons. The van der Waals surface area contributed by atoms with Crippen molar-refractivity contribution in [1.82, 2.24) is 29.6 Å². The predicted molar refractivity (Wildman–Crippen MR) is 130 cm³/mol. The molecule has 0 spiro atoms. The first kappa shape index (κ1) is 26.3. The van der Waals surface area contributed by atoms with Crippen LogP contribution in [0.5, 0.6) is 0 Å². The van der Waals surface area contributed by atoms with Crippen LogP contribution >= 0.6 is 11.3 Å². The molecule has 3 aromatic heterocycles. The second-order valence-electron chi connectivity index (χ2n) is 8.92. The molecule has 5 rings (SSSR count). The van der Waals surface area contributed by atoms with Crippen LogP contribution in [0.25, 0.3) is 16.3 Å². The largest absolute Gasteiger partial charge is 0.483 e. The number of piperazine rings is 1. The molecular formula is C21H27F2N7O4S2. The molecular weight excluding hydrogens is 516 g/mol. The van der Waals surface area contributed by atoms with Crippen LogP contribution in [0.3, 0.4) is 0 Å². The van der Waals surface area contributed by atoms with E-state index >= 15 is 0 Å². The third-order valence-corrected chi connectivity index (χ3v) is 8.73. The van der Waals surface area contributed by atoms with Crippen molar-refractivity contribution in [1.29, 1.82) is 0 Å². The highest BCUT2D eigenvalue weighted by Crippen LogP contribution is 2.37. The van der Waals surface area contributed by atoms with Crippen molar-refractivity contribution < 1.29 is 27.1 Å². The summed E-state index contributed by atoms with van der Waals surface area (Å²) < 4.78 is 57.1. The van der Waals surface area contributed by atoms with Crippen LogP contribution in [0.15, 0.2) is 23.4 Å². The van der Waals surface area contributed by atoms with Crippen molar-refractivity contribution in [3.05, 3.63) is 23.5 Å². The van der Waals surface area contributed by atoms with Crippen LogP contribution < -0.4 is 14.9 Å². The molecule has 0 unspecified atom stereocenters. The van der Waals surface area contributed by atoms with Gasteiger partial charge in [0.25, 0.3) is 12.9 Å². The molecule has 36 heavy (non-hydrogen) atoms. The molecule has 3 aromatic rings. The van der Waals surface area contributed by atoms with Gasteiger partial charge < -0.3 is 15.3 Å². The molecule has 4 heterocycles. The first-order valence-corrected chi connectivity index (χ1v) is 13.6. The number of alkyl halides is 2. The summed E-state index contributed by atoms with van der Waals surface area (Å²) in [5.41, 5.74) is 0.989. The number of imidazole rings is 1. The molecule has 0 aromatic carbocycles. The average molecular weight is 544 g/mol. The zero-order chi connectivity index (χ0) is 26.1. The number of pyridine rings is 1. The minimum absolute atomic E-state index is 0.0996. The maximum absolute atomic E-state index is 13.2. The highest BCUT2D eigenvalue weighted by atomic mass is 32.2. The lowest BCUT2D eigenvalue weighted by molar-refractivity contribution is -0.122. The summed E-state index contributed by atoms with van der Waals surface area (Å²) in [5.74, 6) is 0.285. The number of hydrogen-bond donors (Lipinski definition) is 3. The van der Waals surface area contributed by atoms with Gasteiger partial charge in [-0.15, -0.1) is 10.2 Å². The van der Waals surface area contributed by atoms with Gasteiger partial charge in [-0.1, -0.05) is 18.3 Å². The minimum atomic E-state index is -3.81. The van der Waals surface area contributed by atoms with Gasteiger partial charge in [-0.05, 0) is 32.3 Å². The Hall–Kier alpha value is -2.75. The standard InChI is InChI=1S/C20H25F2N7O2S2.CH2O2/c1-3-12-10-28(7-6-23-12)14-8-13(33(30,31)27-20(2)4-5-20)11-29-15(14)9-24-17(29)19-26-25-18(32-19)16(21)22;2-1-3/h8-9,11-12,16,23,27H,3-7,10H2,1-2H3;1H,(H,2,3)/t12-;/m1./s1. The third-order valence-electron chi connectivity index (χ3n) is 6.19. The molecule has 1 aliphatic carbocycles. The van der Waals surface area contributed by atoms with Gasteiger partial charge >= 0.3 is 0 Å². The van der Waals surface area contributed by atoms with Gasteiger partial charge in [0.1, 0.15) is 4.90 Å². The van der Waals surface area contributed by atoms with Crippen LogP contribution in [0.2, 0.25) is 0 Å². The normalized spacial score (nSPS) is 19.2. The fourth-order valence-corrected chi connectivity index (χ4v) is 6.19. The van der Waals surface area contributed by atoms with Gasteiger partial charge in [0, 0.05) is 37.4 Å². The molecule has 0 radical (unpaired) electrons. The van der Waals surface area contributed by atoms with Gasteiger partial charge in [-0.3, -0.25) is 9.20 Å². The van der Waals surface area contributed by atoms with E-state index in [2.05, 4.69) is 37.0 Å². The number of hydrogen-bond acceptors (Lipinski definition) is 9. The van der Waals surface area contributed by atoms with Gasteiger partial charge in [0.15, 0.2) is 15.8 Å². The number of rotatable bonds is 7. The number of carbonyl (C=O) groups is 1. The summed E-state index contributed by atoms with van der Waals surface area (Å²) in [5, 5.41) is 17.6. The highest BCUT2D eigenvalue weighted by molar-refractivity contribution is 7.89. The van der Waals surface area contributed by atoms with Crippen LogP contribution in [0, 0.1) is 0 Å². The molecule has 0 bridgehead atoms. The van der Waals surface area contributed by atoms with E-state index in [4.69, 9.17) is 9.90 Å². The SMILES string of the molecule is CC[C@@H]1CN(c2cc(S(=O)(=O)NC3(C)CC3)cn3c(-c4nnc(C(F)F)s4)ncc23)CCN1.O=CO. The Balaban J connectivity index is 0.000000967. The summed E-state index contributed by atoms with van der Waals surface area (Å²) in [7, 11) is -3.81. The molecule has 15 heteroatoms. The summed E-state index contributed by atoms with van der Waals surface area (Å²) in [6.07, 6.45) is 2.89. The molecule has 3 N–H and O–H groups in total. The molecule has 2 aliphatic rings. The number of halogens is 2. The lowest BCUT2D eigenvalue weighted by Gasteiger charge is -2.35. The molecule has 1 saturated heterocycles. The number of anilines is 1. The lowest BCUT2D eigenvalue weighted by Crippen LogP contribution is -2.50. The highest BCUT2D eigenvalue weighted by Gasteiger charge is 2.41. The van der Waals surface area contributed by atoms with Gasteiger partial charge in [-0.2, -0.15) is 0 Å². The van der Waals surface area contributed by atoms with Crippen LogP contribution in [-0.2, 0) is 14.8 Å². The minimum Gasteiger partial charge on any atom is -0.483 e. The van der Waals surface area contributed by atoms with E-state index in [1.54, 1.807) is 16.7 Å². The Kier molecular flexibility index (Phi) is 7.54. The molecule has 1 aliphatic heterocycles. The number of carboxylic acid groups (broad SMARTS) is 1. The summed E-state index contributed by atoms with van der Waals surface area (Å²) in [6, 6.07) is 1.96. The van der Waals surface area contributed by atoms with E-state index in [0.717, 1.165) is 49.4 Å². The second kappa shape index (κ2) is 10.3. The molecule has 2 fully saturated rings.